The van der Waals surface area contributed by atoms with E-state index in [2.05, 4.69) is 39.4 Å². The molecule has 0 aromatic heterocycles. The van der Waals surface area contributed by atoms with Gasteiger partial charge in [-0.25, -0.2) is 4.39 Å². The molecular weight excluding hydrogens is 317 g/mol. The Morgan fingerprint density at radius 3 is 2.30 bits per heavy atom. The molecule has 3 heteroatoms. The Morgan fingerprint density at radius 1 is 1.05 bits per heavy atom. The number of hydrogen-bond acceptors (Lipinski definition) is 1. The fourth-order valence-electron chi connectivity index (χ4n) is 2.50. The Bertz CT molecular complexity index is 509. The monoisotopic (exact) mass is 335 g/mol. The van der Waals surface area contributed by atoms with Crippen molar-refractivity contribution in [1.29, 1.82) is 0 Å². The van der Waals surface area contributed by atoms with E-state index in [9.17, 15) is 4.39 Å². The van der Waals surface area contributed by atoms with Gasteiger partial charge in [-0.1, -0.05) is 40.2 Å². The Balaban J connectivity index is 2.07. The fourth-order valence-corrected chi connectivity index (χ4v) is 2.95. The van der Waals surface area contributed by atoms with Crippen molar-refractivity contribution in [2.24, 2.45) is 5.92 Å². The highest BCUT2D eigenvalue weighted by Crippen LogP contribution is 2.18. The molecule has 106 valence electrons. The van der Waals surface area contributed by atoms with Gasteiger partial charge < -0.3 is 5.32 Å². The molecule has 0 amide bonds. The van der Waals surface area contributed by atoms with E-state index in [0.29, 0.717) is 5.92 Å². The number of benzene rings is 2. The summed E-state index contributed by atoms with van der Waals surface area (Å²) in [5.74, 6) is 0.296. The van der Waals surface area contributed by atoms with Gasteiger partial charge in [0, 0.05) is 4.47 Å². The summed E-state index contributed by atoms with van der Waals surface area (Å²) in [6, 6.07) is 15.3. The summed E-state index contributed by atoms with van der Waals surface area (Å²) in [5.41, 5.74) is 2.36. The minimum atomic E-state index is -0.159. The summed E-state index contributed by atoms with van der Waals surface area (Å²) in [7, 11) is 1.96. The second kappa shape index (κ2) is 7.55. The van der Waals surface area contributed by atoms with Crippen LogP contribution in [0.4, 0.5) is 4.39 Å². The van der Waals surface area contributed by atoms with Gasteiger partial charge in [0.1, 0.15) is 5.82 Å². The van der Waals surface area contributed by atoms with Crippen molar-refractivity contribution in [2.45, 2.75) is 12.8 Å². The van der Waals surface area contributed by atoms with E-state index in [-0.39, 0.29) is 5.82 Å². The number of hydrogen-bond donors (Lipinski definition) is 1. The van der Waals surface area contributed by atoms with Crippen LogP contribution in [0.2, 0.25) is 0 Å². The van der Waals surface area contributed by atoms with Gasteiger partial charge in [0.05, 0.1) is 0 Å². The van der Waals surface area contributed by atoms with E-state index in [4.69, 9.17) is 0 Å². The highest BCUT2D eigenvalue weighted by atomic mass is 79.9. The topological polar surface area (TPSA) is 12.0 Å². The minimum absolute atomic E-state index is 0.159. The summed E-state index contributed by atoms with van der Waals surface area (Å²) < 4.78 is 14.4. The van der Waals surface area contributed by atoms with Crippen molar-refractivity contribution in [3.05, 3.63) is 69.9 Å². The van der Waals surface area contributed by atoms with Crippen molar-refractivity contribution >= 4 is 15.9 Å². The predicted octanol–water partition coefficient (Wildman–Crippen LogP) is 4.21. The molecule has 0 spiro atoms. The third-order valence-electron chi connectivity index (χ3n) is 3.32. The highest BCUT2D eigenvalue weighted by Gasteiger charge is 2.11. The van der Waals surface area contributed by atoms with Gasteiger partial charge in [-0.15, -0.1) is 0 Å². The summed E-state index contributed by atoms with van der Waals surface area (Å²) in [6.45, 7) is 0.920. The lowest BCUT2D eigenvalue weighted by Gasteiger charge is -2.17. The summed E-state index contributed by atoms with van der Waals surface area (Å²) >= 11 is 3.50. The van der Waals surface area contributed by atoms with Crippen LogP contribution in [0.5, 0.6) is 0 Å². The average Bonchev–Trinajstić information content (AvgIpc) is 2.39. The number of rotatable bonds is 6. The molecule has 0 aliphatic heterocycles. The first-order valence-corrected chi connectivity index (χ1v) is 7.60. The Hall–Kier alpha value is -1.19. The van der Waals surface area contributed by atoms with E-state index in [1.54, 1.807) is 12.1 Å². The Labute approximate surface area is 128 Å². The third-order valence-corrected chi connectivity index (χ3v) is 3.81. The lowest BCUT2D eigenvalue weighted by molar-refractivity contribution is 0.491. The molecule has 20 heavy (non-hydrogen) atoms. The normalized spacial score (nSPS) is 12.3. The maximum Gasteiger partial charge on any atom is 0.123 e. The molecule has 0 radical (unpaired) electrons. The predicted molar refractivity (Wildman–Crippen MR) is 85.4 cm³/mol. The standard InChI is InChI=1S/C17H19BrFN/c1-20-12-15(8-13-4-2-6-16(18)10-13)9-14-5-3-7-17(19)11-14/h2-7,10-11,15,20H,8-9,12H2,1H3. The molecule has 0 fully saturated rings. The fraction of sp³-hybridized carbons (Fsp3) is 0.294. The van der Waals surface area contributed by atoms with Crippen LogP contribution in [-0.4, -0.2) is 13.6 Å². The summed E-state index contributed by atoms with van der Waals surface area (Å²) in [4.78, 5) is 0. The zero-order valence-corrected chi connectivity index (χ0v) is 13.2. The summed E-state index contributed by atoms with van der Waals surface area (Å²) in [6.07, 6.45) is 1.86. The van der Waals surface area contributed by atoms with Crippen LogP contribution in [0.15, 0.2) is 53.0 Å². The van der Waals surface area contributed by atoms with E-state index in [1.165, 1.54) is 11.6 Å². The van der Waals surface area contributed by atoms with Gasteiger partial charge in [0.25, 0.3) is 0 Å². The quantitative estimate of drug-likeness (QED) is 0.833. The minimum Gasteiger partial charge on any atom is -0.319 e. The smallest absolute Gasteiger partial charge is 0.123 e. The lowest BCUT2D eigenvalue weighted by Crippen LogP contribution is -2.22. The molecule has 0 aliphatic rings. The molecule has 1 N–H and O–H groups in total. The first-order chi connectivity index (χ1) is 9.67. The number of nitrogens with one attached hydrogen (secondary N) is 1. The SMILES string of the molecule is CNCC(Cc1cccc(F)c1)Cc1cccc(Br)c1. The van der Waals surface area contributed by atoms with Crippen LogP contribution in [0.3, 0.4) is 0 Å². The van der Waals surface area contributed by atoms with Crippen molar-refractivity contribution in [1.82, 2.24) is 5.32 Å². The maximum absolute atomic E-state index is 13.3. The molecule has 1 nitrogen and oxygen atoms in total. The van der Waals surface area contributed by atoms with Gasteiger partial charge >= 0.3 is 0 Å². The van der Waals surface area contributed by atoms with E-state index in [1.807, 2.05) is 19.2 Å². The van der Waals surface area contributed by atoms with Crippen molar-refractivity contribution in [3.63, 3.8) is 0 Å². The molecule has 0 saturated heterocycles. The Morgan fingerprint density at radius 2 is 1.70 bits per heavy atom. The molecule has 0 saturated carbocycles. The lowest BCUT2D eigenvalue weighted by atomic mass is 9.92. The average molecular weight is 336 g/mol. The molecule has 0 heterocycles. The molecule has 2 aromatic carbocycles. The maximum atomic E-state index is 13.3. The third kappa shape index (κ3) is 4.73. The van der Waals surface area contributed by atoms with E-state index < -0.39 is 0 Å². The van der Waals surface area contributed by atoms with E-state index >= 15 is 0 Å². The van der Waals surface area contributed by atoms with Gasteiger partial charge in [-0.3, -0.25) is 0 Å². The highest BCUT2D eigenvalue weighted by molar-refractivity contribution is 9.10. The van der Waals surface area contributed by atoms with Crippen LogP contribution in [0.1, 0.15) is 11.1 Å². The second-order valence-corrected chi connectivity index (χ2v) is 6.01. The molecule has 1 unspecified atom stereocenters. The molecule has 0 bridgehead atoms. The molecule has 2 aromatic rings. The van der Waals surface area contributed by atoms with Gasteiger partial charge in [-0.05, 0) is 67.7 Å². The molecule has 1 atom stereocenters. The van der Waals surface area contributed by atoms with Crippen LogP contribution >= 0.6 is 15.9 Å². The first-order valence-electron chi connectivity index (χ1n) is 6.81. The van der Waals surface area contributed by atoms with Crippen molar-refractivity contribution in [2.75, 3.05) is 13.6 Å². The number of halogens is 2. The first kappa shape index (κ1) is 15.2. The van der Waals surface area contributed by atoms with Gasteiger partial charge in [0.2, 0.25) is 0 Å². The molecule has 0 aliphatic carbocycles. The largest absolute Gasteiger partial charge is 0.319 e. The van der Waals surface area contributed by atoms with E-state index in [0.717, 1.165) is 29.4 Å². The Kier molecular flexibility index (Phi) is 5.74. The second-order valence-electron chi connectivity index (χ2n) is 5.09. The van der Waals surface area contributed by atoms with Crippen LogP contribution in [-0.2, 0) is 12.8 Å². The van der Waals surface area contributed by atoms with Crippen molar-refractivity contribution in [3.8, 4) is 0 Å². The van der Waals surface area contributed by atoms with Gasteiger partial charge in [-0.2, -0.15) is 0 Å². The zero-order chi connectivity index (χ0) is 14.4. The molecular formula is C17H19BrFN. The van der Waals surface area contributed by atoms with Gasteiger partial charge in [0.15, 0.2) is 0 Å². The zero-order valence-electron chi connectivity index (χ0n) is 11.6. The van der Waals surface area contributed by atoms with Crippen molar-refractivity contribution < 1.29 is 4.39 Å². The van der Waals surface area contributed by atoms with Crippen LogP contribution < -0.4 is 5.32 Å². The van der Waals surface area contributed by atoms with Crippen LogP contribution in [0.25, 0.3) is 0 Å². The summed E-state index contributed by atoms with van der Waals surface area (Å²) in [5, 5.41) is 3.23. The molecule has 2 rings (SSSR count). The van der Waals surface area contributed by atoms with Crippen LogP contribution in [0, 0.1) is 11.7 Å².